The van der Waals surface area contributed by atoms with Crippen LogP contribution in [0.15, 0.2) is 53.0 Å². The second kappa shape index (κ2) is 7.64. The molecule has 0 aromatic heterocycles. The highest BCUT2D eigenvalue weighted by Crippen LogP contribution is 2.24. The first-order valence-corrected chi connectivity index (χ1v) is 8.36. The zero-order valence-electron chi connectivity index (χ0n) is 13.7. The lowest BCUT2D eigenvalue weighted by molar-refractivity contribution is -0.120. The zero-order valence-corrected chi connectivity index (χ0v) is 15.3. The third kappa shape index (κ3) is 5.10. The van der Waals surface area contributed by atoms with Crippen LogP contribution in [0.1, 0.15) is 25.0 Å². The number of hydrogen-bond acceptors (Lipinski definition) is 2. The van der Waals surface area contributed by atoms with Crippen molar-refractivity contribution in [2.45, 2.75) is 25.7 Å². The molecule has 2 aromatic rings. The van der Waals surface area contributed by atoms with Gasteiger partial charge >= 0.3 is 0 Å². The van der Waals surface area contributed by atoms with Gasteiger partial charge in [0, 0.05) is 16.4 Å². The van der Waals surface area contributed by atoms with Gasteiger partial charge < -0.3 is 10.1 Å². The number of rotatable bonds is 6. The van der Waals surface area contributed by atoms with Crippen molar-refractivity contribution in [1.29, 1.82) is 0 Å². The summed E-state index contributed by atoms with van der Waals surface area (Å²) in [6.45, 7) is 4.83. The molecule has 2 rings (SSSR count). The van der Waals surface area contributed by atoms with Gasteiger partial charge in [-0.3, -0.25) is 4.79 Å². The largest absolute Gasteiger partial charge is 0.497 e. The summed E-state index contributed by atoms with van der Waals surface area (Å²) in [6.07, 6.45) is 0.395. The molecule has 1 amide bonds. The van der Waals surface area contributed by atoms with Gasteiger partial charge in [0.2, 0.25) is 5.91 Å². The Morgan fingerprint density at radius 1 is 1.09 bits per heavy atom. The highest BCUT2D eigenvalue weighted by molar-refractivity contribution is 9.10. The quantitative estimate of drug-likeness (QED) is 0.825. The first-order chi connectivity index (χ1) is 10.9. The van der Waals surface area contributed by atoms with E-state index in [2.05, 4.69) is 35.1 Å². The summed E-state index contributed by atoms with van der Waals surface area (Å²) in [6, 6.07) is 15.8. The molecule has 0 unspecified atom stereocenters. The Balaban J connectivity index is 1.92. The van der Waals surface area contributed by atoms with Crippen molar-refractivity contribution in [3.05, 3.63) is 64.1 Å². The average Bonchev–Trinajstić information content (AvgIpc) is 2.55. The molecule has 1 N–H and O–H groups in total. The normalized spacial score (nSPS) is 11.1. The summed E-state index contributed by atoms with van der Waals surface area (Å²) in [5, 5.41) is 3.03. The number of halogens is 1. The lowest BCUT2D eigenvalue weighted by atomic mass is 9.84. The Labute approximate surface area is 146 Å². The first-order valence-electron chi connectivity index (χ1n) is 7.56. The molecule has 0 fully saturated rings. The van der Waals surface area contributed by atoms with Crippen LogP contribution in [0.4, 0.5) is 0 Å². The summed E-state index contributed by atoms with van der Waals surface area (Å²) in [7, 11) is 1.66. The van der Waals surface area contributed by atoms with Gasteiger partial charge in [0.1, 0.15) is 5.75 Å². The number of carbonyl (C=O) groups excluding carboxylic acids is 1. The fourth-order valence-corrected chi connectivity index (χ4v) is 2.58. The number of hydrogen-bond donors (Lipinski definition) is 1. The van der Waals surface area contributed by atoms with Gasteiger partial charge in [-0.05, 0) is 35.4 Å². The van der Waals surface area contributed by atoms with E-state index in [1.54, 1.807) is 7.11 Å². The molecular weight excluding hydrogens is 354 g/mol. The Kier molecular flexibility index (Phi) is 5.83. The first kappa shape index (κ1) is 17.5. The molecule has 4 heteroatoms. The summed E-state index contributed by atoms with van der Waals surface area (Å²) in [4.78, 5) is 12.1. The van der Waals surface area contributed by atoms with Crippen molar-refractivity contribution in [3.8, 4) is 5.75 Å². The monoisotopic (exact) mass is 375 g/mol. The maximum atomic E-state index is 12.1. The van der Waals surface area contributed by atoms with Crippen LogP contribution < -0.4 is 10.1 Å². The molecule has 0 radical (unpaired) electrons. The van der Waals surface area contributed by atoms with Crippen LogP contribution in [0.5, 0.6) is 5.75 Å². The zero-order chi connectivity index (χ0) is 16.9. The van der Waals surface area contributed by atoms with Gasteiger partial charge in [-0.15, -0.1) is 0 Å². The molecule has 3 nitrogen and oxygen atoms in total. The predicted octanol–water partition coefficient (Wildman–Crippen LogP) is 4.09. The van der Waals surface area contributed by atoms with E-state index in [0.717, 1.165) is 15.8 Å². The van der Waals surface area contributed by atoms with Crippen LogP contribution in [-0.2, 0) is 16.6 Å². The van der Waals surface area contributed by atoms with E-state index in [4.69, 9.17) is 4.74 Å². The summed E-state index contributed by atoms with van der Waals surface area (Å²) in [5.41, 5.74) is 2.04. The minimum atomic E-state index is -0.137. The van der Waals surface area contributed by atoms with E-state index in [1.165, 1.54) is 5.56 Å². The topological polar surface area (TPSA) is 38.3 Å². The molecule has 0 aliphatic carbocycles. The van der Waals surface area contributed by atoms with Crippen molar-refractivity contribution in [3.63, 3.8) is 0 Å². The highest BCUT2D eigenvalue weighted by atomic mass is 79.9. The van der Waals surface area contributed by atoms with E-state index in [0.29, 0.717) is 13.0 Å². The molecule has 2 aromatic carbocycles. The van der Waals surface area contributed by atoms with Crippen molar-refractivity contribution in [1.82, 2.24) is 5.32 Å². The molecule has 0 saturated carbocycles. The molecule has 0 heterocycles. The van der Waals surface area contributed by atoms with Crippen molar-refractivity contribution < 1.29 is 9.53 Å². The number of carbonyl (C=O) groups is 1. The third-order valence-electron chi connectivity index (χ3n) is 3.88. The summed E-state index contributed by atoms with van der Waals surface area (Å²) in [5.74, 6) is 0.873. The Bertz CT molecular complexity index is 648. The Morgan fingerprint density at radius 3 is 2.26 bits per heavy atom. The molecule has 0 aliphatic rings. The van der Waals surface area contributed by atoms with Crippen LogP contribution in [0.3, 0.4) is 0 Å². The fourth-order valence-electron chi connectivity index (χ4n) is 2.31. The van der Waals surface area contributed by atoms with Gasteiger partial charge in [0.25, 0.3) is 0 Å². The summed E-state index contributed by atoms with van der Waals surface area (Å²) < 4.78 is 6.20. The van der Waals surface area contributed by atoms with Gasteiger partial charge in [-0.2, -0.15) is 0 Å². The highest BCUT2D eigenvalue weighted by Gasteiger charge is 2.21. The second-order valence-corrected chi connectivity index (χ2v) is 7.11. The Morgan fingerprint density at radius 2 is 1.70 bits per heavy atom. The maximum Gasteiger partial charge on any atom is 0.224 e. The van der Waals surface area contributed by atoms with E-state index in [-0.39, 0.29) is 11.3 Å². The number of nitrogens with one attached hydrogen (secondary N) is 1. The lowest BCUT2D eigenvalue weighted by Gasteiger charge is -2.26. The number of amides is 1. The van der Waals surface area contributed by atoms with Crippen LogP contribution in [0.25, 0.3) is 0 Å². The van der Waals surface area contributed by atoms with E-state index < -0.39 is 0 Å². The standard InChI is InChI=1S/C19H22BrNO2/c1-19(2,15-6-10-17(23-3)11-7-15)13-21-18(22)12-14-4-8-16(20)9-5-14/h4-11H,12-13H2,1-3H3,(H,21,22). The van der Waals surface area contributed by atoms with Crippen LogP contribution in [0.2, 0.25) is 0 Å². The van der Waals surface area contributed by atoms with E-state index >= 15 is 0 Å². The van der Waals surface area contributed by atoms with Crippen molar-refractivity contribution in [2.24, 2.45) is 0 Å². The maximum absolute atomic E-state index is 12.1. The fraction of sp³-hybridized carbons (Fsp3) is 0.316. The van der Waals surface area contributed by atoms with Crippen LogP contribution >= 0.6 is 15.9 Å². The molecule has 0 spiro atoms. The molecular formula is C19H22BrNO2. The molecule has 122 valence electrons. The molecule has 0 aliphatic heterocycles. The number of ether oxygens (including phenoxy) is 1. The smallest absolute Gasteiger partial charge is 0.224 e. The van der Waals surface area contributed by atoms with Gasteiger partial charge in [0.05, 0.1) is 13.5 Å². The SMILES string of the molecule is COc1ccc(C(C)(C)CNC(=O)Cc2ccc(Br)cc2)cc1. The third-order valence-corrected chi connectivity index (χ3v) is 4.41. The minimum Gasteiger partial charge on any atom is -0.497 e. The Hall–Kier alpha value is -1.81. The van der Waals surface area contributed by atoms with Crippen LogP contribution in [0, 0.1) is 0 Å². The average molecular weight is 376 g/mol. The van der Waals surface area contributed by atoms with Crippen molar-refractivity contribution >= 4 is 21.8 Å². The van der Waals surface area contributed by atoms with Crippen molar-refractivity contribution in [2.75, 3.05) is 13.7 Å². The van der Waals surface area contributed by atoms with E-state index in [9.17, 15) is 4.79 Å². The minimum absolute atomic E-state index is 0.0360. The molecule has 0 bridgehead atoms. The predicted molar refractivity (Wildman–Crippen MR) is 96.9 cm³/mol. The summed E-state index contributed by atoms with van der Waals surface area (Å²) >= 11 is 3.40. The molecule has 0 saturated heterocycles. The second-order valence-electron chi connectivity index (χ2n) is 6.19. The molecule has 23 heavy (non-hydrogen) atoms. The van der Waals surface area contributed by atoms with Gasteiger partial charge in [0.15, 0.2) is 0 Å². The van der Waals surface area contributed by atoms with Gasteiger partial charge in [-0.1, -0.05) is 54.0 Å². The van der Waals surface area contributed by atoms with Gasteiger partial charge in [-0.25, -0.2) is 0 Å². The lowest BCUT2D eigenvalue weighted by Crippen LogP contribution is -2.37. The van der Waals surface area contributed by atoms with Crippen LogP contribution in [-0.4, -0.2) is 19.6 Å². The number of methoxy groups -OCH3 is 1. The number of benzene rings is 2. The molecule has 0 atom stereocenters. The van der Waals surface area contributed by atoms with E-state index in [1.807, 2.05) is 48.5 Å².